The lowest BCUT2D eigenvalue weighted by Gasteiger charge is -2.18. The number of benzene rings is 1. The van der Waals surface area contributed by atoms with Gasteiger partial charge in [0.1, 0.15) is 5.56 Å². The van der Waals surface area contributed by atoms with Gasteiger partial charge in [-0.05, 0) is 78.6 Å². The minimum Gasteiger partial charge on any atom is -0.465 e. The molecule has 3 heterocycles. The van der Waals surface area contributed by atoms with Crippen molar-refractivity contribution in [1.82, 2.24) is 14.6 Å². The number of pyridine rings is 2. The maximum absolute atomic E-state index is 13.1. The first-order valence-corrected chi connectivity index (χ1v) is 9.71. The van der Waals surface area contributed by atoms with Gasteiger partial charge in [-0.3, -0.25) is 14.3 Å². The van der Waals surface area contributed by atoms with Gasteiger partial charge in [-0.15, -0.1) is 0 Å². The van der Waals surface area contributed by atoms with E-state index in [0.29, 0.717) is 5.92 Å². The molecule has 0 aliphatic heterocycles. The Labute approximate surface area is 167 Å². The summed E-state index contributed by atoms with van der Waals surface area (Å²) < 4.78 is 6.48. The molecule has 0 atom stereocenters. The van der Waals surface area contributed by atoms with Crippen LogP contribution >= 0.6 is 0 Å². The molecule has 1 saturated carbocycles. The molecule has 1 aliphatic carbocycles. The third-order valence-corrected chi connectivity index (χ3v) is 5.86. The Kier molecular flexibility index (Phi) is 3.84. The van der Waals surface area contributed by atoms with Crippen LogP contribution in [0.15, 0.2) is 41.5 Å². The normalized spacial score (nSPS) is 13.9. The number of methoxy groups -OCH3 is 1. The molecule has 4 aromatic rings. The molecule has 3 aromatic heterocycles. The second kappa shape index (κ2) is 6.30. The van der Waals surface area contributed by atoms with E-state index in [4.69, 9.17) is 4.74 Å². The van der Waals surface area contributed by atoms with Gasteiger partial charge in [0.25, 0.3) is 5.56 Å². The highest BCUT2D eigenvalue weighted by Crippen LogP contribution is 2.44. The average Bonchev–Trinajstić information content (AvgIpc) is 3.45. The first-order valence-electron chi connectivity index (χ1n) is 9.71. The highest BCUT2D eigenvalue weighted by Gasteiger charge is 2.30. The average molecular weight is 387 g/mol. The van der Waals surface area contributed by atoms with Gasteiger partial charge >= 0.3 is 5.97 Å². The number of esters is 1. The van der Waals surface area contributed by atoms with Gasteiger partial charge in [-0.25, -0.2) is 4.79 Å². The van der Waals surface area contributed by atoms with Crippen LogP contribution < -0.4 is 5.56 Å². The van der Waals surface area contributed by atoms with Crippen LogP contribution in [0.4, 0.5) is 0 Å². The number of aryl methyl sites for hydroxylation is 2. The van der Waals surface area contributed by atoms with E-state index >= 15 is 0 Å². The molecule has 5 rings (SSSR count). The number of nitrogens with one attached hydrogen (secondary N) is 1. The van der Waals surface area contributed by atoms with Crippen LogP contribution in [-0.2, 0) is 4.74 Å². The number of fused-ring (bicyclic) bond motifs is 2. The second-order valence-corrected chi connectivity index (χ2v) is 7.79. The molecular weight excluding hydrogens is 366 g/mol. The third-order valence-electron chi connectivity index (χ3n) is 5.86. The molecule has 6 nitrogen and oxygen atoms in total. The molecule has 29 heavy (non-hydrogen) atoms. The summed E-state index contributed by atoms with van der Waals surface area (Å²) in [5.74, 6) is -0.212. The van der Waals surface area contributed by atoms with E-state index in [1.54, 1.807) is 10.5 Å². The first-order chi connectivity index (χ1) is 14.0. The van der Waals surface area contributed by atoms with E-state index in [1.807, 2.05) is 25.4 Å². The molecule has 0 saturated heterocycles. The predicted molar refractivity (Wildman–Crippen MR) is 112 cm³/mol. The number of ether oxygens (including phenoxy) is 1. The Morgan fingerprint density at radius 1 is 1.24 bits per heavy atom. The molecule has 0 bridgehead atoms. The number of carbonyl (C=O) groups is 1. The summed E-state index contributed by atoms with van der Waals surface area (Å²) in [6.07, 6.45) is 5.79. The molecule has 1 fully saturated rings. The van der Waals surface area contributed by atoms with Crippen molar-refractivity contribution in [2.24, 2.45) is 0 Å². The van der Waals surface area contributed by atoms with E-state index < -0.39 is 5.97 Å². The van der Waals surface area contributed by atoms with Crippen LogP contribution in [0.1, 0.15) is 45.8 Å². The van der Waals surface area contributed by atoms with Crippen LogP contribution in [0.5, 0.6) is 0 Å². The van der Waals surface area contributed by atoms with Crippen LogP contribution in [0.2, 0.25) is 0 Å². The molecule has 6 heteroatoms. The maximum Gasteiger partial charge on any atom is 0.343 e. The van der Waals surface area contributed by atoms with Gasteiger partial charge in [0, 0.05) is 11.6 Å². The van der Waals surface area contributed by atoms with E-state index in [9.17, 15) is 9.59 Å². The fraction of sp³-hybridized carbons (Fsp3) is 0.261. The molecule has 1 aromatic carbocycles. The molecule has 0 spiro atoms. The summed E-state index contributed by atoms with van der Waals surface area (Å²) in [5.41, 5.74) is 6.92. The van der Waals surface area contributed by atoms with E-state index in [2.05, 4.69) is 29.3 Å². The number of nitrogens with zero attached hydrogens (tertiary/aromatic N) is 2. The van der Waals surface area contributed by atoms with Gasteiger partial charge in [0.15, 0.2) is 0 Å². The quantitative estimate of drug-likeness (QED) is 0.537. The molecule has 1 N–H and O–H groups in total. The summed E-state index contributed by atoms with van der Waals surface area (Å²) in [6.45, 7) is 4.05. The lowest BCUT2D eigenvalue weighted by Crippen LogP contribution is -2.25. The van der Waals surface area contributed by atoms with Crippen LogP contribution in [0, 0.1) is 13.8 Å². The lowest BCUT2D eigenvalue weighted by atomic mass is 9.93. The topological polar surface area (TPSA) is 76.5 Å². The highest BCUT2D eigenvalue weighted by molar-refractivity contribution is 5.91. The zero-order valence-electron chi connectivity index (χ0n) is 16.6. The van der Waals surface area contributed by atoms with E-state index in [-0.39, 0.29) is 11.1 Å². The molecule has 0 unspecified atom stereocenters. The molecular formula is C23H21N3O3. The van der Waals surface area contributed by atoms with Crippen molar-refractivity contribution in [3.05, 3.63) is 69.3 Å². The number of aromatic amines is 1. The van der Waals surface area contributed by atoms with Crippen molar-refractivity contribution in [1.29, 1.82) is 0 Å². The summed E-state index contributed by atoms with van der Waals surface area (Å²) in [6, 6.07) is 7.95. The number of carbonyl (C=O) groups excluding carboxylic acids is 1. The summed E-state index contributed by atoms with van der Waals surface area (Å²) in [5, 5.41) is 8.13. The summed E-state index contributed by atoms with van der Waals surface area (Å²) in [7, 11) is 1.30. The predicted octanol–water partition coefficient (Wildman–Crippen LogP) is 4.12. The number of hydrogen-bond acceptors (Lipinski definition) is 4. The van der Waals surface area contributed by atoms with Gasteiger partial charge in [0.05, 0.1) is 24.3 Å². The van der Waals surface area contributed by atoms with Crippen LogP contribution in [0.3, 0.4) is 0 Å². The number of hydrogen-bond donors (Lipinski definition) is 1. The minimum absolute atomic E-state index is 0.0956. The van der Waals surface area contributed by atoms with Crippen molar-refractivity contribution >= 4 is 22.4 Å². The lowest BCUT2D eigenvalue weighted by molar-refractivity contribution is 0.0598. The SMILES string of the molecule is COC(=O)c1cc(C2CC2)c2c(C)c(-c3ccc4[nH]ncc4c3)c(C)cn2c1=O. The summed E-state index contributed by atoms with van der Waals surface area (Å²) in [4.78, 5) is 25.3. The van der Waals surface area contributed by atoms with Crippen molar-refractivity contribution in [2.45, 2.75) is 32.6 Å². The number of rotatable bonds is 3. The smallest absolute Gasteiger partial charge is 0.343 e. The molecule has 1 aliphatic rings. The fourth-order valence-electron chi connectivity index (χ4n) is 4.35. The standard InChI is InChI=1S/C23H21N3O3/c1-12-11-26-21(17(14-4-5-14)9-18(22(26)27)23(28)29-3)13(2)20(12)15-6-7-19-16(8-15)10-24-25-19/h6-11,14H,4-5H2,1-3H3,(H,24,25). The largest absolute Gasteiger partial charge is 0.465 e. The zero-order chi connectivity index (χ0) is 20.3. The van der Waals surface area contributed by atoms with Gasteiger partial charge in [0.2, 0.25) is 0 Å². The second-order valence-electron chi connectivity index (χ2n) is 7.79. The first kappa shape index (κ1) is 17.7. The van der Waals surface area contributed by atoms with E-state index in [1.165, 1.54) is 7.11 Å². The maximum atomic E-state index is 13.1. The zero-order valence-corrected chi connectivity index (χ0v) is 16.6. The third kappa shape index (κ3) is 2.67. The fourth-order valence-corrected chi connectivity index (χ4v) is 4.35. The van der Waals surface area contributed by atoms with Gasteiger partial charge in [-0.1, -0.05) is 6.07 Å². The molecule has 146 valence electrons. The Morgan fingerprint density at radius 2 is 2.03 bits per heavy atom. The van der Waals surface area contributed by atoms with Crippen molar-refractivity contribution < 1.29 is 9.53 Å². The molecule has 0 radical (unpaired) electrons. The number of aromatic nitrogens is 3. The highest BCUT2D eigenvalue weighted by atomic mass is 16.5. The minimum atomic E-state index is -0.587. The van der Waals surface area contributed by atoms with Crippen molar-refractivity contribution in [3.63, 3.8) is 0 Å². The summed E-state index contributed by atoms with van der Waals surface area (Å²) >= 11 is 0. The van der Waals surface area contributed by atoms with Crippen molar-refractivity contribution in [2.75, 3.05) is 7.11 Å². The Bertz CT molecular complexity index is 1360. The Hall–Kier alpha value is -3.41. The van der Waals surface area contributed by atoms with Crippen LogP contribution in [0.25, 0.3) is 27.5 Å². The number of H-pyrrole nitrogens is 1. The van der Waals surface area contributed by atoms with Gasteiger partial charge < -0.3 is 4.74 Å². The van der Waals surface area contributed by atoms with E-state index in [0.717, 1.165) is 57.1 Å². The Balaban J connectivity index is 1.85. The molecule has 0 amide bonds. The van der Waals surface area contributed by atoms with Crippen molar-refractivity contribution in [3.8, 4) is 11.1 Å². The monoisotopic (exact) mass is 387 g/mol. The van der Waals surface area contributed by atoms with Crippen LogP contribution in [-0.4, -0.2) is 27.7 Å². The Morgan fingerprint density at radius 3 is 2.76 bits per heavy atom. The van der Waals surface area contributed by atoms with Gasteiger partial charge in [-0.2, -0.15) is 5.10 Å².